The van der Waals surface area contributed by atoms with Gasteiger partial charge < -0.3 is 10.2 Å². The molecule has 4 rings (SSSR count). The minimum absolute atomic E-state index is 0.0282. The van der Waals surface area contributed by atoms with Gasteiger partial charge in [-0.2, -0.15) is 0 Å². The van der Waals surface area contributed by atoms with E-state index in [1.165, 1.54) is 17.3 Å². The Hall–Kier alpha value is -2.44. The number of carbonyl (C=O) groups excluding carboxylic acids is 1. The summed E-state index contributed by atoms with van der Waals surface area (Å²) >= 11 is 1.49. The van der Waals surface area contributed by atoms with Gasteiger partial charge >= 0.3 is 0 Å². The number of carbonyl (C=O) groups is 1. The second-order valence-electron chi connectivity index (χ2n) is 8.56. The molecule has 31 heavy (non-hydrogen) atoms. The molecule has 2 aromatic carbocycles. The number of piperidine rings is 1. The molecule has 1 saturated heterocycles. The van der Waals surface area contributed by atoms with E-state index in [1.54, 1.807) is 0 Å². The molecule has 0 radical (unpaired) electrons. The molecular weight excluding hydrogens is 404 g/mol. The van der Waals surface area contributed by atoms with E-state index < -0.39 is 0 Å². The van der Waals surface area contributed by atoms with E-state index >= 15 is 0 Å². The van der Waals surface area contributed by atoms with Gasteiger partial charge in [-0.05, 0) is 32.9 Å². The number of hydrogen-bond donors (Lipinski definition) is 1. The Morgan fingerprint density at radius 3 is 2.39 bits per heavy atom. The van der Waals surface area contributed by atoms with Crippen LogP contribution in [0.2, 0.25) is 0 Å². The number of likely N-dealkylation sites (tertiary alicyclic amines) is 1. The summed E-state index contributed by atoms with van der Waals surface area (Å²) < 4.78 is 0. The van der Waals surface area contributed by atoms with Gasteiger partial charge in [-0.25, -0.2) is 4.99 Å². The van der Waals surface area contributed by atoms with E-state index in [4.69, 9.17) is 9.98 Å². The maximum atomic E-state index is 12.5. The van der Waals surface area contributed by atoms with Gasteiger partial charge in [0.2, 0.25) is 5.91 Å². The predicted molar refractivity (Wildman–Crippen MR) is 131 cm³/mol. The maximum Gasteiger partial charge on any atom is 0.234 e. The predicted octanol–water partition coefficient (Wildman–Crippen LogP) is 4.77. The zero-order valence-corrected chi connectivity index (χ0v) is 19.3. The molecule has 1 spiro atoms. The van der Waals surface area contributed by atoms with Crippen molar-refractivity contribution < 1.29 is 4.79 Å². The summed E-state index contributed by atoms with van der Waals surface area (Å²) in [4.78, 5) is 25.3. The number of nitrogens with one attached hydrogen (secondary N) is 1. The molecule has 5 nitrogen and oxygen atoms in total. The quantitative estimate of drug-likeness (QED) is 0.738. The first-order valence-corrected chi connectivity index (χ1v) is 11.9. The van der Waals surface area contributed by atoms with Crippen LogP contribution in [0, 0.1) is 6.92 Å². The Morgan fingerprint density at radius 2 is 1.74 bits per heavy atom. The second kappa shape index (κ2) is 9.37. The minimum Gasteiger partial charge on any atom is -0.325 e. The van der Waals surface area contributed by atoms with Crippen LogP contribution in [-0.4, -0.2) is 52.1 Å². The third-order valence-electron chi connectivity index (χ3n) is 5.88. The van der Waals surface area contributed by atoms with Gasteiger partial charge in [0, 0.05) is 43.2 Å². The average Bonchev–Trinajstić information content (AvgIpc) is 3.13. The lowest BCUT2D eigenvalue weighted by Crippen LogP contribution is -2.44. The van der Waals surface area contributed by atoms with Crippen LogP contribution in [-0.2, 0) is 4.79 Å². The lowest BCUT2D eigenvalue weighted by molar-refractivity contribution is -0.113. The van der Waals surface area contributed by atoms with Gasteiger partial charge in [0.1, 0.15) is 5.04 Å². The summed E-state index contributed by atoms with van der Waals surface area (Å²) in [7, 11) is 0. The fourth-order valence-corrected chi connectivity index (χ4v) is 4.87. The van der Waals surface area contributed by atoms with Crippen molar-refractivity contribution in [3.8, 4) is 0 Å². The molecule has 162 valence electrons. The number of anilines is 1. The number of benzene rings is 2. The number of rotatable bonds is 5. The molecule has 1 fully saturated rings. The Bertz CT molecular complexity index is 974. The minimum atomic E-state index is -0.383. The number of amides is 1. The molecule has 0 saturated carbocycles. The lowest BCUT2D eigenvalue weighted by atomic mass is 9.97. The van der Waals surface area contributed by atoms with E-state index in [2.05, 4.69) is 36.2 Å². The first-order valence-electron chi connectivity index (χ1n) is 10.9. The van der Waals surface area contributed by atoms with Crippen LogP contribution in [0.25, 0.3) is 0 Å². The highest BCUT2D eigenvalue weighted by Gasteiger charge is 2.40. The van der Waals surface area contributed by atoms with Crippen LogP contribution >= 0.6 is 11.8 Å². The van der Waals surface area contributed by atoms with Crippen LogP contribution in [0.3, 0.4) is 0 Å². The molecule has 2 aliphatic heterocycles. The number of nitrogens with zero attached hydrogens (tertiary/aromatic N) is 3. The molecule has 1 N–H and O–H groups in total. The molecule has 0 atom stereocenters. The maximum absolute atomic E-state index is 12.5. The van der Waals surface area contributed by atoms with Gasteiger partial charge in [0.15, 0.2) is 5.66 Å². The topological polar surface area (TPSA) is 57.1 Å². The fourth-order valence-electron chi connectivity index (χ4n) is 4.00. The molecule has 6 heteroatoms. The van der Waals surface area contributed by atoms with Crippen molar-refractivity contribution in [1.29, 1.82) is 0 Å². The number of thioether (sulfide) groups is 1. The molecule has 0 aromatic heterocycles. The smallest absolute Gasteiger partial charge is 0.234 e. The molecule has 0 aliphatic carbocycles. The third kappa shape index (κ3) is 5.25. The first kappa shape index (κ1) is 21.8. The van der Waals surface area contributed by atoms with Crippen LogP contribution in [0.15, 0.2) is 64.6 Å². The average molecular weight is 435 g/mol. The SMILES string of the molecule is Cc1ccc(NC(=O)CSC2=NC3(CCN(C(C)C)CC3)N=C2c2ccccc2)cc1. The fraction of sp³-hybridized carbons (Fsp3) is 0.400. The van der Waals surface area contributed by atoms with Crippen molar-refractivity contribution in [3.05, 3.63) is 65.7 Å². The van der Waals surface area contributed by atoms with Crippen molar-refractivity contribution >= 4 is 34.1 Å². The summed E-state index contributed by atoms with van der Waals surface area (Å²) in [6, 6.07) is 18.6. The van der Waals surface area contributed by atoms with Crippen molar-refractivity contribution in [2.24, 2.45) is 9.98 Å². The Kier molecular flexibility index (Phi) is 6.58. The Balaban J connectivity index is 1.48. The molecule has 0 bridgehead atoms. The molecule has 0 unspecified atom stereocenters. The summed E-state index contributed by atoms with van der Waals surface area (Å²) in [5, 5.41) is 3.85. The molecule has 2 aliphatic rings. The van der Waals surface area contributed by atoms with Gasteiger partial charge in [-0.3, -0.25) is 9.79 Å². The summed E-state index contributed by atoms with van der Waals surface area (Å²) in [6.07, 6.45) is 1.84. The van der Waals surface area contributed by atoms with Crippen LogP contribution in [0.1, 0.15) is 37.8 Å². The number of aryl methyl sites for hydroxylation is 1. The van der Waals surface area contributed by atoms with Gasteiger partial charge in [0.25, 0.3) is 0 Å². The van der Waals surface area contributed by atoms with E-state index in [1.807, 2.05) is 49.4 Å². The zero-order valence-electron chi connectivity index (χ0n) is 18.5. The Morgan fingerprint density at radius 1 is 1.06 bits per heavy atom. The van der Waals surface area contributed by atoms with Crippen LogP contribution in [0.4, 0.5) is 5.69 Å². The third-order valence-corrected chi connectivity index (χ3v) is 6.85. The highest BCUT2D eigenvalue weighted by atomic mass is 32.2. The van der Waals surface area contributed by atoms with Crippen molar-refractivity contribution in [2.75, 3.05) is 24.2 Å². The highest BCUT2D eigenvalue weighted by Crippen LogP contribution is 2.36. The molecule has 1 amide bonds. The summed E-state index contributed by atoms with van der Waals surface area (Å²) in [5.41, 5.74) is 3.60. The van der Waals surface area contributed by atoms with E-state index in [0.29, 0.717) is 11.8 Å². The number of hydrogen-bond acceptors (Lipinski definition) is 5. The van der Waals surface area contributed by atoms with Gasteiger partial charge in [-0.15, -0.1) is 0 Å². The van der Waals surface area contributed by atoms with Crippen molar-refractivity contribution in [1.82, 2.24) is 4.90 Å². The highest BCUT2D eigenvalue weighted by molar-refractivity contribution is 8.16. The second-order valence-corrected chi connectivity index (χ2v) is 9.52. The van der Waals surface area contributed by atoms with Crippen molar-refractivity contribution in [2.45, 2.75) is 45.3 Å². The van der Waals surface area contributed by atoms with Crippen LogP contribution in [0.5, 0.6) is 0 Å². The lowest BCUT2D eigenvalue weighted by Gasteiger charge is -2.37. The molecule has 2 aromatic rings. The largest absolute Gasteiger partial charge is 0.325 e. The van der Waals surface area contributed by atoms with Gasteiger partial charge in [0.05, 0.1) is 11.5 Å². The summed E-state index contributed by atoms with van der Waals surface area (Å²) in [6.45, 7) is 8.51. The van der Waals surface area contributed by atoms with Crippen molar-refractivity contribution in [3.63, 3.8) is 0 Å². The van der Waals surface area contributed by atoms with E-state index in [0.717, 1.165) is 47.9 Å². The van der Waals surface area contributed by atoms with E-state index in [9.17, 15) is 4.79 Å². The van der Waals surface area contributed by atoms with Crippen LogP contribution < -0.4 is 5.32 Å². The first-order chi connectivity index (χ1) is 14.9. The monoisotopic (exact) mass is 434 g/mol. The Labute approximate surface area is 189 Å². The zero-order chi connectivity index (χ0) is 21.8. The van der Waals surface area contributed by atoms with Gasteiger partial charge in [-0.1, -0.05) is 59.8 Å². The van der Waals surface area contributed by atoms with E-state index in [-0.39, 0.29) is 11.6 Å². The number of aliphatic imine (C=N–C) groups is 2. The normalized spacial score (nSPS) is 18.2. The standard InChI is InChI=1S/C25H30N4OS/c1-18(2)29-15-13-25(14-16-29)27-23(20-7-5-4-6-8-20)24(28-25)31-17-22(30)26-21-11-9-19(3)10-12-21/h4-12,18H,13-17H2,1-3H3,(H,26,30). The summed E-state index contributed by atoms with van der Waals surface area (Å²) in [5.74, 6) is 0.284. The molecule has 2 heterocycles. The molecular formula is C25H30N4OS.